The Morgan fingerprint density at radius 1 is 1.12 bits per heavy atom. The molecule has 6 atom stereocenters. The Labute approximate surface area is 212 Å². The predicted octanol–water partition coefficient (Wildman–Crippen LogP) is 2.54. The van der Waals surface area contributed by atoms with E-state index in [9.17, 15) is 29.5 Å². The van der Waals surface area contributed by atoms with E-state index in [1.54, 1.807) is 12.1 Å². The number of allylic oxidation sites excluding steroid dienone is 2. The molecule has 2 heterocycles. The van der Waals surface area contributed by atoms with Crippen LogP contribution in [0.15, 0.2) is 28.3 Å². The lowest BCUT2D eigenvalue weighted by Crippen LogP contribution is -2.60. The number of rotatable bonds is 2. The summed E-state index contributed by atoms with van der Waals surface area (Å²) in [6.45, 7) is 0. The number of carbonyl (C=O) groups is 4. The molecular weight excluding hydrogens is 555 g/mol. The van der Waals surface area contributed by atoms with Crippen LogP contribution < -0.4 is 4.74 Å². The van der Waals surface area contributed by atoms with Crippen molar-refractivity contribution in [1.82, 2.24) is 9.96 Å². The largest absolute Gasteiger partial charge is 0.504 e. The Morgan fingerprint density at radius 2 is 1.79 bits per heavy atom. The molecule has 5 rings (SSSR count). The average molecular weight is 574 g/mol. The van der Waals surface area contributed by atoms with E-state index >= 15 is 0 Å². The van der Waals surface area contributed by atoms with Gasteiger partial charge in [-0.1, -0.05) is 27.6 Å². The Morgan fingerprint density at radius 3 is 2.44 bits per heavy atom. The molecule has 2 aliphatic carbocycles. The summed E-state index contributed by atoms with van der Waals surface area (Å²) in [7, 11) is 2.63. The first-order valence-electron chi connectivity index (χ1n) is 10.4. The van der Waals surface area contributed by atoms with Gasteiger partial charge < -0.3 is 9.84 Å². The molecule has 1 aromatic rings. The van der Waals surface area contributed by atoms with E-state index in [1.807, 2.05) is 0 Å². The van der Waals surface area contributed by atoms with Crippen molar-refractivity contribution in [3.05, 3.63) is 33.8 Å². The molecule has 4 amide bonds. The number of phenolic OH excluding ortho intramolecular Hbond substituents is 1. The van der Waals surface area contributed by atoms with E-state index < -0.39 is 57.0 Å². The molecule has 34 heavy (non-hydrogen) atoms. The molecule has 0 aromatic heterocycles. The zero-order valence-corrected chi connectivity index (χ0v) is 21.0. The van der Waals surface area contributed by atoms with Gasteiger partial charge in [-0.2, -0.15) is 5.06 Å². The van der Waals surface area contributed by atoms with Gasteiger partial charge in [0.1, 0.15) is 0 Å². The highest BCUT2D eigenvalue weighted by molar-refractivity contribution is 9.10. The van der Waals surface area contributed by atoms with Crippen molar-refractivity contribution in [2.45, 2.75) is 28.5 Å². The van der Waals surface area contributed by atoms with E-state index in [1.165, 1.54) is 20.2 Å². The summed E-state index contributed by atoms with van der Waals surface area (Å²) in [5.74, 6) is -6.93. The van der Waals surface area contributed by atoms with Crippen LogP contribution in [0.3, 0.4) is 0 Å². The molecule has 2 aliphatic heterocycles. The topological polar surface area (TPSA) is 124 Å². The molecule has 0 spiro atoms. The van der Waals surface area contributed by atoms with Gasteiger partial charge >= 0.3 is 0 Å². The molecule has 4 aliphatic rings. The number of carbonyl (C=O) groups excluding carboxylic acids is 4. The van der Waals surface area contributed by atoms with Crippen molar-refractivity contribution in [1.29, 1.82) is 0 Å². The fourth-order valence-corrected chi connectivity index (χ4v) is 7.51. The van der Waals surface area contributed by atoms with Crippen LogP contribution in [0.4, 0.5) is 0 Å². The van der Waals surface area contributed by atoms with Gasteiger partial charge in [-0.15, -0.1) is 23.2 Å². The Balaban J connectivity index is 1.80. The fourth-order valence-electron chi connectivity index (χ4n) is 6.04. The number of nitrogens with zero attached hydrogens (tertiary/aromatic N) is 2. The molecule has 1 aromatic carbocycles. The number of hydrogen-bond donors (Lipinski definition) is 2. The molecule has 1 saturated carbocycles. The average Bonchev–Trinajstić information content (AvgIpc) is 3.10. The maximum atomic E-state index is 13.4. The Kier molecular flexibility index (Phi) is 5.16. The van der Waals surface area contributed by atoms with Crippen molar-refractivity contribution < 1.29 is 34.2 Å². The van der Waals surface area contributed by atoms with Crippen molar-refractivity contribution in [2.24, 2.45) is 17.8 Å². The van der Waals surface area contributed by atoms with Crippen LogP contribution in [-0.4, -0.2) is 67.8 Å². The molecule has 0 unspecified atom stereocenters. The first-order valence-corrected chi connectivity index (χ1v) is 12.0. The van der Waals surface area contributed by atoms with Crippen LogP contribution in [0.1, 0.15) is 24.3 Å². The second-order valence-electron chi connectivity index (χ2n) is 9.03. The number of likely N-dealkylation sites (tertiary alicyclic amines) is 1. The van der Waals surface area contributed by atoms with Gasteiger partial charge in [0, 0.05) is 23.0 Å². The van der Waals surface area contributed by atoms with Crippen LogP contribution in [0.5, 0.6) is 11.5 Å². The SMILES string of the molecule is COc1cc(Br)cc([C@H]2C3=CC[C@@H]4C(=O)N(O)C(=O)[C@@H]4[C@@H]3C[C@@]3(Cl)C(=O)N(C)C(=O)[C@@]23Cl)c1O. The molecule has 2 N–H and O–H groups in total. The van der Waals surface area contributed by atoms with Crippen molar-refractivity contribution in [3.63, 3.8) is 0 Å². The highest BCUT2D eigenvalue weighted by Gasteiger charge is 2.76. The van der Waals surface area contributed by atoms with Crippen molar-refractivity contribution >= 4 is 62.8 Å². The molecule has 0 bridgehead atoms. The maximum Gasteiger partial charge on any atom is 0.257 e. The first kappa shape index (κ1) is 23.6. The Hall–Kier alpha value is -2.14. The highest BCUT2D eigenvalue weighted by atomic mass is 79.9. The Bertz CT molecular complexity index is 1220. The van der Waals surface area contributed by atoms with Gasteiger partial charge in [0.15, 0.2) is 21.2 Å². The van der Waals surface area contributed by atoms with Crippen LogP contribution in [0, 0.1) is 17.8 Å². The summed E-state index contributed by atoms with van der Waals surface area (Å²) in [5.41, 5.74) is 0.672. The van der Waals surface area contributed by atoms with E-state index in [-0.39, 0.29) is 35.0 Å². The third-order valence-electron chi connectivity index (χ3n) is 7.59. The van der Waals surface area contributed by atoms with Crippen molar-refractivity contribution in [2.75, 3.05) is 14.2 Å². The van der Waals surface area contributed by atoms with Crippen molar-refractivity contribution in [3.8, 4) is 11.5 Å². The number of amides is 4. The number of hydrogen-bond acceptors (Lipinski definition) is 7. The number of fused-ring (bicyclic) bond motifs is 4. The lowest BCUT2D eigenvalue weighted by Gasteiger charge is -2.50. The summed E-state index contributed by atoms with van der Waals surface area (Å²) >= 11 is 17.4. The van der Waals surface area contributed by atoms with E-state index in [0.29, 0.717) is 10.0 Å². The number of phenols is 1. The highest BCUT2D eigenvalue weighted by Crippen LogP contribution is 2.66. The monoisotopic (exact) mass is 572 g/mol. The first-order chi connectivity index (χ1) is 15.9. The van der Waals surface area contributed by atoms with E-state index in [0.717, 1.165) is 4.90 Å². The van der Waals surface area contributed by atoms with E-state index in [4.69, 9.17) is 27.9 Å². The van der Waals surface area contributed by atoms with Crippen LogP contribution in [0.25, 0.3) is 0 Å². The quantitative estimate of drug-likeness (QED) is 0.241. The predicted molar refractivity (Wildman–Crippen MR) is 121 cm³/mol. The standard InChI is InChI=1S/C22H19BrCl2N2O7/c1-26-19(31)21(24)7-12-9(3-4-10-14(12)18(30)27(33)17(10)29)15(22(21,25)20(26)32)11-5-8(23)6-13(34-2)16(11)28/h3,5-6,10,12,14-15,28,33H,4,7H2,1-2H3/t10-,12+,14-,15+,21+,22-/m0/s1. The lowest BCUT2D eigenvalue weighted by molar-refractivity contribution is -0.173. The van der Waals surface area contributed by atoms with Gasteiger partial charge in [-0.05, 0) is 30.9 Å². The summed E-state index contributed by atoms with van der Waals surface area (Å²) in [6, 6.07) is 3.07. The minimum atomic E-state index is -2.02. The van der Waals surface area contributed by atoms with Crippen LogP contribution >= 0.6 is 39.1 Å². The van der Waals surface area contributed by atoms with Gasteiger partial charge in [0.05, 0.1) is 18.9 Å². The molecule has 3 fully saturated rings. The summed E-state index contributed by atoms with van der Waals surface area (Å²) in [6.07, 6.45) is 1.61. The van der Waals surface area contributed by atoms with Gasteiger partial charge in [0.2, 0.25) is 0 Å². The lowest BCUT2D eigenvalue weighted by atomic mass is 9.56. The number of imide groups is 2. The second-order valence-corrected chi connectivity index (χ2v) is 11.2. The molecule has 2 saturated heterocycles. The minimum Gasteiger partial charge on any atom is -0.504 e. The summed E-state index contributed by atoms with van der Waals surface area (Å²) in [4.78, 5) is 48.9. The number of hydroxylamine groups is 2. The fraction of sp³-hybridized carbons (Fsp3) is 0.455. The number of methoxy groups -OCH3 is 1. The smallest absolute Gasteiger partial charge is 0.257 e. The minimum absolute atomic E-state index is 0.0972. The van der Waals surface area contributed by atoms with Gasteiger partial charge in [-0.3, -0.25) is 29.3 Å². The zero-order chi connectivity index (χ0) is 24.9. The normalized spacial score (nSPS) is 36.9. The molecular formula is C22H19BrCl2N2O7. The van der Waals surface area contributed by atoms with Crippen LogP contribution in [0.2, 0.25) is 0 Å². The molecule has 12 heteroatoms. The number of alkyl halides is 2. The third kappa shape index (κ3) is 2.65. The molecule has 180 valence electrons. The second kappa shape index (κ2) is 7.43. The number of benzene rings is 1. The number of ether oxygens (including phenoxy) is 1. The van der Waals surface area contributed by atoms with Crippen LogP contribution in [-0.2, 0) is 19.2 Å². The summed E-state index contributed by atoms with van der Waals surface area (Å²) in [5, 5.41) is 21.2. The molecule has 0 radical (unpaired) electrons. The van der Waals surface area contributed by atoms with Gasteiger partial charge in [-0.25, -0.2) is 0 Å². The van der Waals surface area contributed by atoms with E-state index in [2.05, 4.69) is 15.9 Å². The zero-order valence-electron chi connectivity index (χ0n) is 17.9. The maximum absolute atomic E-state index is 13.4. The summed E-state index contributed by atoms with van der Waals surface area (Å²) < 4.78 is 5.78. The number of aromatic hydroxyl groups is 1. The molecule has 9 nitrogen and oxygen atoms in total. The number of halogens is 3. The van der Waals surface area contributed by atoms with Gasteiger partial charge in [0.25, 0.3) is 23.6 Å². The third-order valence-corrected chi connectivity index (χ3v) is 9.46.